The Hall–Kier alpha value is -1.34. The van der Waals surface area contributed by atoms with Crippen LogP contribution in [0, 0.1) is 0 Å². The van der Waals surface area contributed by atoms with Crippen LogP contribution in [0.25, 0.3) is 17.0 Å². The van der Waals surface area contributed by atoms with Crippen molar-refractivity contribution in [3.8, 4) is 0 Å². The smallest absolute Gasteiger partial charge is 0.0709 e. The standard InChI is InChI=1S/C11H8ClN/c12-8-7-10-6-5-9-3-1-2-4-11(9)13-10/h1-8H/b8-7+. The summed E-state index contributed by atoms with van der Waals surface area (Å²) in [5.74, 6) is 0. The summed E-state index contributed by atoms with van der Waals surface area (Å²) in [7, 11) is 0. The van der Waals surface area contributed by atoms with Crippen molar-refractivity contribution in [3.05, 3.63) is 47.6 Å². The Morgan fingerprint density at radius 2 is 1.92 bits per heavy atom. The summed E-state index contributed by atoms with van der Waals surface area (Å²) < 4.78 is 0. The third-order valence-corrected chi connectivity index (χ3v) is 1.98. The second kappa shape index (κ2) is 3.58. The van der Waals surface area contributed by atoms with E-state index in [0.29, 0.717) is 0 Å². The number of pyridine rings is 1. The third-order valence-electron chi connectivity index (χ3n) is 1.85. The number of benzene rings is 1. The highest BCUT2D eigenvalue weighted by Gasteiger charge is 1.93. The molecule has 0 saturated carbocycles. The van der Waals surface area contributed by atoms with Gasteiger partial charge in [-0.2, -0.15) is 0 Å². The molecule has 0 atom stereocenters. The molecule has 2 heteroatoms. The Balaban J connectivity index is 2.62. The molecule has 0 aliphatic rings. The van der Waals surface area contributed by atoms with Gasteiger partial charge in [0.15, 0.2) is 0 Å². The van der Waals surface area contributed by atoms with Crippen molar-refractivity contribution in [1.29, 1.82) is 0 Å². The van der Waals surface area contributed by atoms with Crippen LogP contribution >= 0.6 is 11.6 Å². The summed E-state index contributed by atoms with van der Waals surface area (Å²) in [6.45, 7) is 0. The summed E-state index contributed by atoms with van der Waals surface area (Å²) in [5.41, 5.74) is 3.35. The lowest BCUT2D eigenvalue weighted by Crippen LogP contribution is -1.81. The molecule has 1 aromatic heterocycles. The minimum Gasteiger partial charge on any atom is -0.248 e. The van der Waals surface area contributed by atoms with Crippen molar-refractivity contribution in [2.24, 2.45) is 0 Å². The molecule has 0 bridgehead atoms. The Morgan fingerprint density at radius 3 is 2.77 bits per heavy atom. The second-order valence-electron chi connectivity index (χ2n) is 2.72. The van der Waals surface area contributed by atoms with E-state index in [1.54, 1.807) is 6.08 Å². The van der Waals surface area contributed by atoms with E-state index in [1.165, 1.54) is 5.54 Å². The van der Waals surface area contributed by atoms with Gasteiger partial charge in [-0.1, -0.05) is 35.9 Å². The molecule has 1 aromatic carbocycles. The molecule has 0 spiro atoms. The molecule has 0 N–H and O–H groups in total. The van der Waals surface area contributed by atoms with Crippen molar-refractivity contribution in [3.63, 3.8) is 0 Å². The molecule has 1 nitrogen and oxygen atoms in total. The number of aromatic nitrogens is 1. The van der Waals surface area contributed by atoms with Gasteiger partial charge >= 0.3 is 0 Å². The fraction of sp³-hybridized carbons (Fsp3) is 0. The normalized spacial score (nSPS) is 11.2. The molecular formula is C11H8ClN. The van der Waals surface area contributed by atoms with E-state index in [1.807, 2.05) is 36.4 Å². The van der Waals surface area contributed by atoms with Crippen LogP contribution in [0.5, 0.6) is 0 Å². The van der Waals surface area contributed by atoms with Gasteiger partial charge in [0.2, 0.25) is 0 Å². The molecule has 0 aliphatic carbocycles. The van der Waals surface area contributed by atoms with Crippen LogP contribution in [0.1, 0.15) is 5.69 Å². The molecule has 2 aromatic rings. The molecule has 13 heavy (non-hydrogen) atoms. The Bertz CT molecular complexity index is 449. The minimum absolute atomic E-state index is 0.883. The highest BCUT2D eigenvalue weighted by Crippen LogP contribution is 2.12. The van der Waals surface area contributed by atoms with Gasteiger partial charge in [0.25, 0.3) is 0 Å². The SMILES string of the molecule is Cl/C=C/c1ccc2ccccc2n1. The van der Waals surface area contributed by atoms with Crippen molar-refractivity contribution in [2.45, 2.75) is 0 Å². The maximum absolute atomic E-state index is 5.47. The Kier molecular flexibility index (Phi) is 2.28. The van der Waals surface area contributed by atoms with Gasteiger partial charge in [0, 0.05) is 10.9 Å². The minimum atomic E-state index is 0.883. The van der Waals surface area contributed by atoms with Crippen molar-refractivity contribution in [2.75, 3.05) is 0 Å². The molecule has 0 radical (unpaired) electrons. The highest BCUT2D eigenvalue weighted by atomic mass is 35.5. The largest absolute Gasteiger partial charge is 0.248 e. The van der Waals surface area contributed by atoms with E-state index in [4.69, 9.17) is 11.6 Å². The number of para-hydroxylation sites is 1. The molecule has 0 unspecified atom stereocenters. The molecule has 0 amide bonds. The number of hydrogen-bond acceptors (Lipinski definition) is 1. The number of rotatable bonds is 1. The first-order chi connectivity index (χ1) is 6.40. The molecule has 0 fully saturated rings. The Labute approximate surface area is 81.7 Å². The van der Waals surface area contributed by atoms with E-state index >= 15 is 0 Å². The van der Waals surface area contributed by atoms with E-state index < -0.39 is 0 Å². The third kappa shape index (κ3) is 1.70. The predicted molar refractivity (Wildman–Crippen MR) is 56.6 cm³/mol. The van der Waals surface area contributed by atoms with Gasteiger partial charge in [0.05, 0.1) is 11.2 Å². The van der Waals surface area contributed by atoms with Gasteiger partial charge in [-0.3, -0.25) is 0 Å². The van der Waals surface area contributed by atoms with Crippen LogP contribution in [0.2, 0.25) is 0 Å². The van der Waals surface area contributed by atoms with Gasteiger partial charge < -0.3 is 0 Å². The van der Waals surface area contributed by atoms with Crippen molar-refractivity contribution >= 4 is 28.6 Å². The van der Waals surface area contributed by atoms with Crippen LogP contribution in [0.3, 0.4) is 0 Å². The fourth-order valence-corrected chi connectivity index (χ4v) is 1.37. The summed E-state index contributed by atoms with van der Waals surface area (Å²) >= 11 is 5.47. The summed E-state index contributed by atoms with van der Waals surface area (Å²) in [4.78, 5) is 4.39. The first kappa shape index (κ1) is 8.27. The van der Waals surface area contributed by atoms with Crippen LogP contribution in [0.4, 0.5) is 0 Å². The number of fused-ring (bicyclic) bond motifs is 1. The van der Waals surface area contributed by atoms with Crippen molar-refractivity contribution < 1.29 is 0 Å². The summed E-state index contributed by atoms with van der Waals surface area (Å²) in [5, 5.41) is 1.15. The quantitative estimate of drug-likeness (QED) is 0.670. The van der Waals surface area contributed by atoms with Gasteiger partial charge in [-0.25, -0.2) is 4.98 Å². The predicted octanol–water partition coefficient (Wildman–Crippen LogP) is 3.44. The summed E-state index contributed by atoms with van der Waals surface area (Å²) in [6.07, 6.45) is 1.77. The first-order valence-corrected chi connectivity index (χ1v) is 4.46. The molecule has 64 valence electrons. The number of hydrogen-bond donors (Lipinski definition) is 0. The molecule has 1 heterocycles. The molecule has 2 rings (SSSR count). The monoisotopic (exact) mass is 189 g/mol. The second-order valence-corrected chi connectivity index (χ2v) is 2.97. The van der Waals surface area contributed by atoms with Crippen LogP contribution < -0.4 is 0 Å². The zero-order valence-corrected chi connectivity index (χ0v) is 7.70. The van der Waals surface area contributed by atoms with Crippen LogP contribution in [0.15, 0.2) is 41.9 Å². The number of halogens is 1. The van der Waals surface area contributed by atoms with E-state index in [2.05, 4.69) is 4.98 Å². The van der Waals surface area contributed by atoms with E-state index in [-0.39, 0.29) is 0 Å². The van der Waals surface area contributed by atoms with Gasteiger partial charge in [-0.05, 0) is 18.2 Å². The maximum atomic E-state index is 5.47. The Morgan fingerprint density at radius 1 is 1.08 bits per heavy atom. The van der Waals surface area contributed by atoms with E-state index in [9.17, 15) is 0 Å². The molecular weight excluding hydrogens is 182 g/mol. The lowest BCUT2D eigenvalue weighted by Gasteiger charge is -1.97. The van der Waals surface area contributed by atoms with Gasteiger partial charge in [0.1, 0.15) is 0 Å². The maximum Gasteiger partial charge on any atom is 0.0709 e. The molecule has 0 saturated heterocycles. The summed E-state index contributed by atoms with van der Waals surface area (Å²) in [6, 6.07) is 12.0. The molecule has 0 aliphatic heterocycles. The van der Waals surface area contributed by atoms with Crippen molar-refractivity contribution in [1.82, 2.24) is 4.98 Å². The lowest BCUT2D eigenvalue weighted by atomic mass is 10.2. The van der Waals surface area contributed by atoms with Crippen LogP contribution in [-0.2, 0) is 0 Å². The first-order valence-electron chi connectivity index (χ1n) is 4.03. The zero-order chi connectivity index (χ0) is 9.10. The fourth-order valence-electron chi connectivity index (χ4n) is 1.24. The van der Waals surface area contributed by atoms with Crippen LogP contribution in [-0.4, -0.2) is 4.98 Å². The lowest BCUT2D eigenvalue weighted by molar-refractivity contribution is 1.37. The highest BCUT2D eigenvalue weighted by molar-refractivity contribution is 6.27. The zero-order valence-electron chi connectivity index (χ0n) is 6.94. The van der Waals surface area contributed by atoms with Gasteiger partial charge in [-0.15, -0.1) is 0 Å². The van der Waals surface area contributed by atoms with E-state index in [0.717, 1.165) is 16.6 Å². The average molecular weight is 190 g/mol. The average Bonchev–Trinajstić information content (AvgIpc) is 2.18. The number of nitrogens with zero attached hydrogens (tertiary/aromatic N) is 1. The topological polar surface area (TPSA) is 12.9 Å².